The van der Waals surface area contributed by atoms with E-state index in [2.05, 4.69) is 44.0 Å². The second-order valence-electron chi connectivity index (χ2n) is 4.25. The molecule has 0 unspecified atom stereocenters. The second-order valence-corrected chi connectivity index (χ2v) is 6.02. The van der Waals surface area contributed by atoms with Crippen molar-refractivity contribution >= 4 is 31.9 Å². The van der Waals surface area contributed by atoms with E-state index in [1.165, 1.54) is 0 Å². The number of benzene rings is 2. The normalized spacial score (nSPS) is 10.7. The van der Waals surface area contributed by atoms with Gasteiger partial charge in [0.25, 0.3) is 0 Å². The Bertz CT molecular complexity index is 540. The van der Waals surface area contributed by atoms with Crippen molar-refractivity contribution < 1.29 is 4.74 Å². The standard InChI is InChI=1S/C15H15Br2NO/c16-14-5-2-11(3-6-14)9-19-10-13-4-1-12(8-18)7-15(13)17/h1-7H,8-10,18H2. The number of nitrogens with two attached hydrogens (primary N) is 1. The minimum Gasteiger partial charge on any atom is -0.372 e. The largest absolute Gasteiger partial charge is 0.372 e. The lowest BCUT2D eigenvalue weighted by Crippen LogP contribution is -1.99. The molecule has 2 nitrogen and oxygen atoms in total. The van der Waals surface area contributed by atoms with Crippen molar-refractivity contribution in [1.29, 1.82) is 0 Å². The third kappa shape index (κ3) is 4.42. The van der Waals surface area contributed by atoms with Gasteiger partial charge in [-0.2, -0.15) is 0 Å². The first-order chi connectivity index (χ1) is 9.19. The van der Waals surface area contributed by atoms with Gasteiger partial charge in [-0.05, 0) is 34.9 Å². The number of ether oxygens (including phenoxy) is 1. The van der Waals surface area contributed by atoms with Crippen LogP contribution >= 0.6 is 31.9 Å². The van der Waals surface area contributed by atoms with Gasteiger partial charge in [-0.25, -0.2) is 0 Å². The predicted octanol–water partition coefficient (Wildman–Crippen LogP) is 4.39. The molecule has 0 aromatic heterocycles. The van der Waals surface area contributed by atoms with Crippen LogP contribution in [0.3, 0.4) is 0 Å². The van der Waals surface area contributed by atoms with Crippen molar-refractivity contribution in [2.45, 2.75) is 19.8 Å². The summed E-state index contributed by atoms with van der Waals surface area (Å²) in [5.41, 5.74) is 9.01. The molecule has 0 aliphatic carbocycles. The van der Waals surface area contributed by atoms with E-state index in [0.717, 1.165) is 25.6 Å². The van der Waals surface area contributed by atoms with Gasteiger partial charge in [-0.15, -0.1) is 0 Å². The monoisotopic (exact) mass is 383 g/mol. The van der Waals surface area contributed by atoms with Crippen LogP contribution in [-0.2, 0) is 24.5 Å². The molecule has 100 valence electrons. The zero-order valence-electron chi connectivity index (χ0n) is 10.4. The lowest BCUT2D eigenvalue weighted by atomic mass is 10.1. The molecule has 0 spiro atoms. The maximum absolute atomic E-state index is 5.72. The van der Waals surface area contributed by atoms with Crippen molar-refractivity contribution in [3.63, 3.8) is 0 Å². The van der Waals surface area contributed by atoms with E-state index in [1.54, 1.807) is 0 Å². The molecule has 19 heavy (non-hydrogen) atoms. The predicted molar refractivity (Wildman–Crippen MR) is 84.7 cm³/mol. The third-order valence-corrected chi connectivity index (χ3v) is 4.06. The first-order valence-electron chi connectivity index (χ1n) is 5.98. The molecule has 0 saturated carbocycles. The fourth-order valence-corrected chi connectivity index (χ4v) is 2.50. The molecule has 0 saturated heterocycles. The van der Waals surface area contributed by atoms with E-state index >= 15 is 0 Å². The molecule has 4 heteroatoms. The molecule has 0 radical (unpaired) electrons. The first-order valence-corrected chi connectivity index (χ1v) is 7.57. The molecule has 2 rings (SSSR count). The van der Waals surface area contributed by atoms with Crippen LogP contribution in [0.4, 0.5) is 0 Å². The highest BCUT2D eigenvalue weighted by atomic mass is 79.9. The average Bonchev–Trinajstić information content (AvgIpc) is 2.42. The number of halogens is 2. The fraction of sp³-hybridized carbons (Fsp3) is 0.200. The SMILES string of the molecule is NCc1ccc(COCc2ccc(Br)cc2)c(Br)c1. The summed E-state index contributed by atoms with van der Waals surface area (Å²) in [4.78, 5) is 0. The summed E-state index contributed by atoms with van der Waals surface area (Å²) in [7, 11) is 0. The fourth-order valence-electron chi connectivity index (χ4n) is 1.69. The zero-order valence-corrected chi connectivity index (χ0v) is 13.6. The summed E-state index contributed by atoms with van der Waals surface area (Å²) >= 11 is 6.96. The van der Waals surface area contributed by atoms with Crippen LogP contribution in [0.5, 0.6) is 0 Å². The van der Waals surface area contributed by atoms with E-state index < -0.39 is 0 Å². The molecular formula is C15H15Br2NO. The Balaban J connectivity index is 1.90. The van der Waals surface area contributed by atoms with Gasteiger partial charge in [-0.1, -0.05) is 56.1 Å². The second kappa shape index (κ2) is 7.20. The molecule has 0 amide bonds. The Morgan fingerprint density at radius 2 is 1.58 bits per heavy atom. The highest BCUT2D eigenvalue weighted by Crippen LogP contribution is 2.20. The molecule has 0 aliphatic heterocycles. The van der Waals surface area contributed by atoms with Gasteiger partial charge in [0.2, 0.25) is 0 Å². The summed E-state index contributed by atoms with van der Waals surface area (Å²) < 4.78 is 7.85. The van der Waals surface area contributed by atoms with Crippen molar-refractivity contribution in [3.05, 3.63) is 68.1 Å². The average molecular weight is 385 g/mol. The molecule has 0 aliphatic rings. The van der Waals surface area contributed by atoms with Crippen LogP contribution in [0.25, 0.3) is 0 Å². The van der Waals surface area contributed by atoms with Gasteiger partial charge in [0.05, 0.1) is 13.2 Å². The number of hydrogen-bond donors (Lipinski definition) is 1. The van der Waals surface area contributed by atoms with Crippen LogP contribution in [0, 0.1) is 0 Å². The lowest BCUT2D eigenvalue weighted by molar-refractivity contribution is 0.107. The summed E-state index contributed by atoms with van der Waals surface area (Å²) in [6.45, 7) is 1.75. The van der Waals surface area contributed by atoms with Gasteiger partial charge in [0.1, 0.15) is 0 Å². The van der Waals surface area contributed by atoms with Crippen LogP contribution in [0.2, 0.25) is 0 Å². The Kier molecular flexibility index (Phi) is 5.58. The third-order valence-electron chi connectivity index (χ3n) is 2.79. The first kappa shape index (κ1) is 14.7. The summed E-state index contributed by atoms with van der Waals surface area (Å²) in [6, 6.07) is 14.3. The van der Waals surface area contributed by atoms with E-state index in [9.17, 15) is 0 Å². The molecule has 2 aromatic rings. The Labute approximate surface area is 130 Å². The van der Waals surface area contributed by atoms with Crippen LogP contribution < -0.4 is 5.73 Å². The quantitative estimate of drug-likeness (QED) is 0.829. The van der Waals surface area contributed by atoms with Gasteiger partial charge in [-0.3, -0.25) is 0 Å². The van der Waals surface area contributed by atoms with Crippen molar-refractivity contribution in [2.75, 3.05) is 0 Å². The van der Waals surface area contributed by atoms with Crippen LogP contribution in [0.15, 0.2) is 51.4 Å². The summed E-state index contributed by atoms with van der Waals surface area (Å²) in [5, 5.41) is 0. The van der Waals surface area contributed by atoms with Crippen molar-refractivity contribution in [1.82, 2.24) is 0 Å². The molecule has 0 bridgehead atoms. The van der Waals surface area contributed by atoms with Gasteiger partial charge < -0.3 is 10.5 Å². The smallest absolute Gasteiger partial charge is 0.0732 e. The highest BCUT2D eigenvalue weighted by molar-refractivity contribution is 9.10. The van der Waals surface area contributed by atoms with Crippen molar-refractivity contribution in [2.24, 2.45) is 5.73 Å². The number of rotatable bonds is 5. The Hall–Kier alpha value is -0.680. The van der Waals surface area contributed by atoms with Crippen LogP contribution in [-0.4, -0.2) is 0 Å². The lowest BCUT2D eigenvalue weighted by Gasteiger charge is -2.08. The van der Waals surface area contributed by atoms with Crippen LogP contribution in [0.1, 0.15) is 16.7 Å². The molecule has 0 fully saturated rings. The molecule has 0 atom stereocenters. The van der Waals surface area contributed by atoms with Crippen molar-refractivity contribution in [3.8, 4) is 0 Å². The molecule has 0 heterocycles. The Morgan fingerprint density at radius 1 is 0.895 bits per heavy atom. The van der Waals surface area contributed by atoms with Gasteiger partial charge in [0, 0.05) is 15.5 Å². The molecule has 2 aromatic carbocycles. The summed E-state index contributed by atoms with van der Waals surface area (Å²) in [5.74, 6) is 0. The minimum atomic E-state index is 0.554. The summed E-state index contributed by atoms with van der Waals surface area (Å²) in [6.07, 6.45) is 0. The van der Waals surface area contributed by atoms with E-state index in [4.69, 9.17) is 10.5 Å². The minimum absolute atomic E-state index is 0.554. The maximum atomic E-state index is 5.72. The van der Waals surface area contributed by atoms with Gasteiger partial charge in [0.15, 0.2) is 0 Å². The molecular weight excluding hydrogens is 370 g/mol. The number of hydrogen-bond acceptors (Lipinski definition) is 2. The maximum Gasteiger partial charge on any atom is 0.0732 e. The van der Waals surface area contributed by atoms with Gasteiger partial charge >= 0.3 is 0 Å². The zero-order chi connectivity index (χ0) is 13.7. The van der Waals surface area contributed by atoms with E-state index in [1.807, 2.05) is 30.3 Å². The molecule has 2 N–H and O–H groups in total. The topological polar surface area (TPSA) is 35.2 Å². The highest BCUT2D eigenvalue weighted by Gasteiger charge is 2.02. The van der Waals surface area contributed by atoms with E-state index in [0.29, 0.717) is 19.8 Å². The Morgan fingerprint density at radius 3 is 2.21 bits per heavy atom. The van der Waals surface area contributed by atoms with E-state index in [-0.39, 0.29) is 0 Å².